The molecule has 0 radical (unpaired) electrons. The van der Waals surface area contributed by atoms with Crippen molar-refractivity contribution in [2.45, 2.75) is 12.8 Å². The summed E-state index contributed by atoms with van der Waals surface area (Å²) in [7, 11) is -2.02. The Labute approximate surface area is 140 Å². The molecule has 0 aromatic heterocycles. The number of anilines is 3. The van der Waals surface area contributed by atoms with E-state index in [1.54, 1.807) is 24.3 Å². The average molecular weight is 347 g/mol. The van der Waals surface area contributed by atoms with Gasteiger partial charge in [0, 0.05) is 24.8 Å². The topological polar surface area (TPSA) is 66.6 Å². The zero-order valence-corrected chi connectivity index (χ0v) is 14.1. The van der Waals surface area contributed by atoms with Gasteiger partial charge in [0.15, 0.2) is 0 Å². The van der Waals surface area contributed by atoms with Gasteiger partial charge in [-0.1, -0.05) is 6.07 Å². The first-order valence-corrected chi connectivity index (χ1v) is 9.23. The van der Waals surface area contributed by atoms with E-state index in [1.165, 1.54) is 27.8 Å². The predicted molar refractivity (Wildman–Crippen MR) is 93.6 cm³/mol. The largest absolute Gasteiger partial charge is 0.399 e. The maximum Gasteiger partial charge on any atom is 0.326 e. The van der Waals surface area contributed by atoms with E-state index in [0.29, 0.717) is 40.7 Å². The Morgan fingerprint density at radius 2 is 1.92 bits per heavy atom. The van der Waals surface area contributed by atoms with Crippen molar-refractivity contribution in [1.82, 2.24) is 0 Å². The van der Waals surface area contributed by atoms with Gasteiger partial charge >= 0.3 is 10.2 Å². The lowest BCUT2D eigenvalue weighted by molar-refractivity contribution is 0.590. The highest BCUT2D eigenvalue weighted by atomic mass is 32.2. The SMILES string of the molecule is CN1c2cc(-c3cc(N)ccc3F)ccc2N(CC2CC2)S1(=O)=O. The van der Waals surface area contributed by atoms with Crippen LogP contribution < -0.4 is 14.3 Å². The minimum absolute atomic E-state index is 0.365. The summed E-state index contributed by atoms with van der Waals surface area (Å²) >= 11 is 0. The number of benzene rings is 2. The van der Waals surface area contributed by atoms with Crippen LogP contribution in [0.1, 0.15) is 12.8 Å². The zero-order chi connectivity index (χ0) is 17.1. The summed E-state index contributed by atoms with van der Waals surface area (Å²) in [5.74, 6) is 0.0488. The minimum atomic E-state index is -3.55. The van der Waals surface area contributed by atoms with Gasteiger partial charge in [0.1, 0.15) is 5.82 Å². The first kappa shape index (κ1) is 15.3. The zero-order valence-electron chi connectivity index (χ0n) is 13.2. The molecule has 5 nitrogen and oxygen atoms in total. The molecule has 2 aromatic carbocycles. The van der Waals surface area contributed by atoms with Crippen LogP contribution >= 0.6 is 0 Å². The lowest BCUT2D eigenvalue weighted by atomic mass is 10.0. The van der Waals surface area contributed by atoms with Crippen LogP contribution in [-0.4, -0.2) is 22.0 Å². The van der Waals surface area contributed by atoms with Crippen molar-refractivity contribution in [3.63, 3.8) is 0 Å². The fourth-order valence-electron chi connectivity index (χ4n) is 3.04. The molecule has 0 saturated heterocycles. The number of halogens is 1. The van der Waals surface area contributed by atoms with E-state index in [2.05, 4.69) is 0 Å². The van der Waals surface area contributed by atoms with Gasteiger partial charge in [0.25, 0.3) is 0 Å². The Balaban J connectivity index is 1.81. The normalized spacial score (nSPS) is 18.8. The van der Waals surface area contributed by atoms with Crippen molar-refractivity contribution in [1.29, 1.82) is 0 Å². The van der Waals surface area contributed by atoms with Crippen molar-refractivity contribution in [2.75, 3.05) is 27.9 Å². The molecule has 0 amide bonds. The molecule has 4 rings (SSSR count). The molecule has 0 atom stereocenters. The number of nitrogen functional groups attached to an aromatic ring is 1. The molecule has 1 aliphatic heterocycles. The van der Waals surface area contributed by atoms with Crippen molar-refractivity contribution >= 4 is 27.3 Å². The van der Waals surface area contributed by atoms with Gasteiger partial charge in [0.05, 0.1) is 11.4 Å². The number of rotatable bonds is 3. The minimum Gasteiger partial charge on any atom is -0.399 e. The molecular formula is C17H18FN3O2S. The van der Waals surface area contributed by atoms with Crippen LogP contribution in [0, 0.1) is 11.7 Å². The molecule has 2 aliphatic rings. The third-order valence-corrected chi connectivity index (χ3v) is 6.42. The Bertz CT molecular complexity index is 925. The fraction of sp³-hybridized carbons (Fsp3) is 0.294. The molecule has 7 heteroatoms. The summed E-state index contributed by atoms with van der Waals surface area (Å²) in [6.45, 7) is 0.506. The van der Waals surface area contributed by atoms with Gasteiger partial charge in [-0.05, 0) is 54.7 Å². The van der Waals surface area contributed by atoms with Gasteiger partial charge in [-0.25, -0.2) is 4.39 Å². The van der Waals surface area contributed by atoms with E-state index in [4.69, 9.17) is 5.73 Å². The number of nitrogens with zero attached hydrogens (tertiary/aromatic N) is 2. The summed E-state index contributed by atoms with van der Waals surface area (Å²) < 4.78 is 42.1. The van der Waals surface area contributed by atoms with E-state index < -0.39 is 10.2 Å². The second kappa shape index (κ2) is 5.11. The third kappa shape index (κ3) is 2.31. The Kier molecular flexibility index (Phi) is 3.25. The second-order valence-corrected chi connectivity index (χ2v) is 8.28. The van der Waals surface area contributed by atoms with E-state index in [9.17, 15) is 12.8 Å². The van der Waals surface area contributed by atoms with Crippen molar-refractivity contribution in [2.24, 2.45) is 5.92 Å². The Morgan fingerprint density at radius 3 is 2.62 bits per heavy atom. The van der Waals surface area contributed by atoms with Crippen LogP contribution in [0.15, 0.2) is 36.4 Å². The average Bonchev–Trinajstić information content (AvgIpc) is 3.35. The van der Waals surface area contributed by atoms with Gasteiger partial charge in [-0.2, -0.15) is 8.42 Å². The Hall–Kier alpha value is -2.28. The van der Waals surface area contributed by atoms with Crippen LogP contribution in [0.25, 0.3) is 11.1 Å². The highest BCUT2D eigenvalue weighted by molar-refractivity contribution is 7.94. The highest BCUT2D eigenvalue weighted by Crippen LogP contribution is 2.44. The first-order valence-electron chi connectivity index (χ1n) is 7.84. The van der Waals surface area contributed by atoms with E-state index >= 15 is 0 Å². The molecule has 0 spiro atoms. The molecule has 126 valence electrons. The molecule has 1 aliphatic carbocycles. The molecule has 0 bridgehead atoms. The second-order valence-electron chi connectivity index (χ2n) is 6.39. The fourth-order valence-corrected chi connectivity index (χ4v) is 4.53. The van der Waals surface area contributed by atoms with E-state index in [1.807, 2.05) is 0 Å². The maximum absolute atomic E-state index is 14.1. The van der Waals surface area contributed by atoms with Gasteiger partial charge in [-0.15, -0.1) is 0 Å². The summed E-state index contributed by atoms with van der Waals surface area (Å²) in [6.07, 6.45) is 2.13. The quantitative estimate of drug-likeness (QED) is 0.868. The van der Waals surface area contributed by atoms with Crippen molar-refractivity contribution < 1.29 is 12.8 Å². The molecule has 24 heavy (non-hydrogen) atoms. The van der Waals surface area contributed by atoms with Crippen LogP contribution in [0.3, 0.4) is 0 Å². The number of fused-ring (bicyclic) bond motifs is 1. The molecule has 1 saturated carbocycles. The van der Waals surface area contributed by atoms with Crippen LogP contribution in [-0.2, 0) is 10.2 Å². The lowest BCUT2D eigenvalue weighted by Crippen LogP contribution is -2.36. The lowest BCUT2D eigenvalue weighted by Gasteiger charge is -2.18. The van der Waals surface area contributed by atoms with Gasteiger partial charge in [0.2, 0.25) is 0 Å². The monoisotopic (exact) mass is 347 g/mol. The van der Waals surface area contributed by atoms with Crippen LogP contribution in [0.5, 0.6) is 0 Å². The molecule has 1 heterocycles. The number of hydrogen-bond acceptors (Lipinski definition) is 3. The van der Waals surface area contributed by atoms with Crippen molar-refractivity contribution in [3.8, 4) is 11.1 Å². The number of hydrogen-bond donors (Lipinski definition) is 1. The van der Waals surface area contributed by atoms with E-state index in [-0.39, 0.29) is 5.82 Å². The molecule has 0 unspecified atom stereocenters. The summed E-state index contributed by atoms with van der Waals surface area (Å²) in [5, 5.41) is 0. The third-order valence-electron chi connectivity index (χ3n) is 4.63. The summed E-state index contributed by atoms with van der Waals surface area (Å²) in [4.78, 5) is 0. The van der Waals surface area contributed by atoms with Crippen LogP contribution in [0.4, 0.5) is 21.5 Å². The Morgan fingerprint density at radius 1 is 1.17 bits per heavy atom. The summed E-state index contributed by atoms with van der Waals surface area (Å²) in [6, 6.07) is 9.57. The molecule has 1 fully saturated rings. The first-order chi connectivity index (χ1) is 11.4. The maximum atomic E-state index is 14.1. The summed E-state index contributed by atoms with van der Waals surface area (Å²) in [5.41, 5.74) is 8.40. The standard InChI is InChI=1S/C17H18FN3O2S/c1-20-17-8-12(14-9-13(19)5-6-15(14)18)4-7-16(17)21(24(20,22)23)10-11-2-3-11/h4-9,11H,2-3,10,19H2,1H3. The molecule has 2 N–H and O–H groups in total. The van der Waals surface area contributed by atoms with Gasteiger partial charge in [-0.3, -0.25) is 8.61 Å². The van der Waals surface area contributed by atoms with E-state index in [0.717, 1.165) is 12.8 Å². The smallest absolute Gasteiger partial charge is 0.326 e. The van der Waals surface area contributed by atoms with Crippen LogP contribution in [0.2, 0.25) is 0 Å². The molecule has 2 aromatic rings. The number of nitrogens with two attached hydrogens (primary N) is 1. The van der Waals surface area contributed by atoms with Crippen molar-refractivity contribution in [3.05, 3.63) is 42.2 Å². The predicted octanol–water partition coefficient (Wildman–Crippen LogP) is 2.99. The van der Waals surface area contributed by atoms with Gasteiger partial charge < -0.3 is 5.73 Å². The molecular weight excluding hydrogens is 329 g/mol. The highest BCUT2D eigenvalue weighted by Gasteiger charge is 2.40.